The van der Waals surface area contributed by atoms with Crippen LogP contribution < -0.4 is 10.2 Å². The highest BCUT2D eigenvalue weighted by Crippen LogP contribution is 2.20. The Balaban J connectivity index is 1.42. The number of urea groups is 1. The maximum atomic E-state index is 13.7. The lowest BCUT2D eigenvalue weighted by atomic mass is 10.2. The Labute approximate surface area is 168 Å². The molecule has 0 saturated carbocycles. The van der Waals surface area contributed by atoms with E-state index in [0.29, 0.717) is 43.3 Å². The van der Waals surface area contributed by atoms with E-state index in [9.17, 15) is 9.18 Å². The summed E-state index contributed by atoms with van der Waals surface area (Å²) in [6.45, 7) is 5.89. The topological polar surface area (TPSA) is 79.2 Å². The van der Waals surface area contributed by atoms with Crippen LogP contribution in [0.3, 0.4) is 0 Å². The molecule has 0 atom stereocenters. The summed E-state index contributed by atoms with van der Waals surface area (Å²) < 4.78 is 15.5. The Kier molecular flexibility index (Phi) is 5.11. The van der Waals surface area contributed by atoms with Crippen LogP contribution in [0, 0.1) is 19.7 Å². The smallest absolute Gasteiger partial charge is 0.321 e. The van der Waals surface area contributed by atoms with Crippen molar-refractivity contribution in [2.75, 3.05) is 36.4 Å². The number of nitrogens with zero attached hydrogens (tertiary/aromatic N) is 6. The number of hydrogen-bond acceptors (Lipinski definition) is 5. The largest absolute Gasteiger partial charge is 0.353 e. The first-order valence-corrected chi connectivity index (χ1v) is 9.41. The average molecular weight is 395 g/mol. The number of anilines is 2. The molecular weight excluding hydrogens is 373 g/mol. The van der Waals surface area contributed by atoms with Crippen molar-refractivity contribution in [3.8, 4) is 5.82 Å². The van der Waals surface area contributed by atoms with Gasteiger partial charge in [0.15, 0.2) is 0 Å². The Morgan fingerprint density at radius 1 is 1.10 bits per heavy atom. The summed E-state index contributed by atoms with van der Waals surface area (Å²) in [7, 11) is 0. The second-order valence-electron chi connectivity index (χ2n) is 6.92. The first kappa shape index (κ1) is 18.9. The van der Waals surface area contributed by atoms with Gasteiger partial charge in [-0.15, -0.1) is 0 Å². The number of rotatable bonds is 3. The van der Waals surface area contributed by atoms with E-state index in [1.165, 1.54) is 6.07 Å². The highest BCUT2D eigenvalue weighted by atomic mass is 19.1. The molecular formula is C20H22FN7O. The molecule has 4 rings (SSSR count). The summed E-state index contributed by atoms with van der Waals surface area (Å²) in [5.74, 6) is 1.92. The Morgan fingerprint density at radius 3 is 2.59 bits per heavy atom. The summed E-state index contributed by atoms with van der Waals surface area (Å²) in [5.41, 5.74) is 0.928. The Bertz CT molecular complexity index is 1010. The monoisotopic (exact) mass is 395 g/mol. The molecule has 1 aliphatic heterocycles. The lowest BCUT2D eigenvalue weighted by Crippen LogP contribution is -2.50. The Hall–Kier alpha value is -3.49. The number of hydrogen-bond donors (Lipinski definition) is 1. The number of benzene rings is 1. The van der Waals surface area contributed by atoms with Gasteiger partial charge >= 0.3 is 6.03 Å². The molecule has 29 heavy (non-hydrogen) atoms. The molecule has 2 amide bonds. The number of carbonyl (C=O) groups is 1. The third kappa shape index (κ3) is 4.03. The van der Waals surface area contributed by atoms with Crippen LogP contribution in [0.25, 0.3) is 5.82 Å². The summed E-state index contributed by atoms with van der Waals surface area (Å²) in [6, 6.07) is 6.36. The fourth-order valence-electron chi connectivity index (χ4n) is 3.30. The van der Waals surface area contributed by atoms with Crippen molar-refractivity contribution in [1.82, 2.24) is 24.4 Å². The molecule has 0 unspecified atom stereocenters. The van der Waals surface area contributed by atoms with Gasteiger partial charge in [-0.2, -0.15) is 0 Å². The van der Waals surface area contributed by atoms with Crippen molar-refractivity contribution < 1.29 is 9.18 Å². The first-order chi connectivity index (χ1) is 14.0. The molecule has 150 valence electrons. The lowest BCUT2D eigenvalue weighted by Gasteiger charge is -2.35. The van der Waals surface area contributed by atoms with Gasteiger partial charge in [0.1, 0.15) is 29.6 Å². The molecule has 0 bridgehead atoms. The minimum absolute atomic E-state index is 0.226. The minimum Gasteiger partial charge on any atom is -0.353 e. The van der Waals surface area contributed by atoms with Crippen LogP contribution >= 0.6 is 0 Å². The van der Waals surface area contributed by atoms with Crippen LogP contribution in [0.5, 0.6) is 0 Å². The number of aryl methyl sites for hydroxylation is 1. The van der Waals surface area contributed by atoms with Gasteiger partial charge in [0.25, 0.3) is 0 Å². The predicted molar refractivity (Wildman–Crippen MR) is 108 cm³/mol. The van der Waals surface area contributed by atoms with Crippen molar-refractivity contribution in [2.45, 2.75) is 13.8 Å². The van der Waals surface area contributed by atoms with Gasteiger partial charge in [-0.05, 0) is 26.0 Å². The molecule has 0 spiro atoms. The summed E-state index contributed by atoms with van der Waals surface area (Å²) in [5, 5.41) is 2.80. The maximum Gasteiger partial charge on any atom is 0.321 e. The third-order valence-electron chi connectivity index (χ3n) is 4.98. The zero-order valence-corrected chi connectivity index (χ0v) is 16.3. The van der Waals surface area contributed by atoms with E-state index in [2.05, 4.69) is 25.2 Å². The molecule has 1 aromatic carbocycles. The van der Waals surface area contributed by atoms with Crippen LogP contribution in [0.1, 0.15) is 11.4 Å². The molecule has 1 aliphatic rings. The molecule has 3 heterocycles. The number of carbonyl (C=O) groups excluding carboxylic acids is 1. The van der Waals surface area contributed by atoms with Crippen molar-refractivity contribution in [3.63, 3.8) is 0 Å². The van der Waals surface area contributed by atoms with Crippen molar-refractivity contribution in [2.24, 2.45) is 0 Å². The van der Waals surface area contributed by atoms with E-state index in [1.54, 1.807) is 36.5 Å². The van der Waals surface area contributed by atoms with Gasteiger partial charge in [0, 0.05) is 55.9 Å². The minimum atomic E-state index is -0.333. The second-order valence-corrected chi connectivity index (χ2v) is 6.92. The van der Waals surface area contributed by atoms with Gasteiger partial charge in [-0.3, -0.25) is 4.57 Å². The highest BCUT2D eigenvalue weighted by Gasteiger charge is 2.23. The molecule has 9 heteroatoms. The van der Waals surface area contributed by atoms with E-state index in [0.717, 1.165) is 11.6 Å². The summed E-state index contributed by atoms with van der Waals surface area (Å²) >= 11 is 0. The zero-order chi connectivity index (χ0) is 20.4. The molecule has 8 nitrogen and oxygen atoms in total. The predicted octanol–water partition coefficient (Wildman–Crippen LogP) is 2.77. The summed E-state index contributed by atoms with van der Waals surface area (Å²) in [4.78, 5) is 29.5. The quantitative estimate of drug-likeness (QED) is 0.738. The molecule has 0 aliphatic carbocycles. The standard InChI is InChI=1S/C20H22FN7O/c1-14-16(21)4-3-5-17(14)25-20(29)27-10-8-26(9-11-27)18-12-19(24-15(2)23-18)28-7-6-22-13-28/h3-7,12-13H,8-11H2,1-2H3,(H,25,29). The van der Waals surface area contributed by atoms with Crippen LogP contribution in [-0.4, -0.2) is 56.6 Å². The number of halogens is 1. The summed E-state index contributed by atoms with van der Waals surface area (Å²) in [6.07, 6.45) is 5.24. The highest BCUT2D eigenvalue weighted by molar-refractivity contribution is 5.90. The SMILES string of the molecule is Cc1nc(N2CCN(C(=O)Nc3cccc(F)c3C)CC2)cc(-n2ccnc2)n1. The van der Waals surface area contributed by atoms with Gasteiger partial charge < -0.3 is 15.1 Å². The second kappa shape index (κ2) is 7.86. The normalized spacial score (nSPS) is 14.2. The zero-order valence-electron chi connectivity index (χ0n) is 16.3. The van der Waals surface area contributed by atoms with Crippen LogP contribution in [-0.2, 0) is 0 Å². The molecule has 3 aromatic rings. The fourth-order valence-corrected chi connectivity index (χ4v) is 3.30. The molecule has 1 fully saturated rings. The van der Waals surface area contributed by atoms with Crippen LogP contribution in [0.4, 0.5) is 20.7 Å². The van der Waals surface area contributed by atoms with E-state index in [4.69, 9.17) is 0 Å². The number of aromatic nitrogens is 4. The van der Waals surface area contributed by atoms with Gasteiger partial charge in [0.2, 0.25) is 0 Å². The number of amides is 2. The lowest BCUT2D eigenvalue weighted by molar-refractivity contribution is 0.208. The average Bonchev–Trinajstić information content (AvgIpc) is 3.26. The number of nitrogens with one attached hydrogen (secondary N) is 1. The van der Waals surface area contributed by atoms with Crippen molar-refractivity contribution in [1.29, 1.82) is 0 Å². The van der Waals surface area contributed by atoms with E-state index >= 15 is 0 Å². The Morgan fingerprint density at radius 2 is 1.86 bits per heavy atom. The maximum absolute atomic E-state index is 13.7. The van der Waals surface area contributed by atoms with Crippen molar-refractivity contribution >= 4 is 17.5 Å². The molecule has 0 radical (unpaired) electrons. The van der Waals surface area contributed by atoms with Gasteiger partial charge in [-0.25, -0.2) is 24.1 Å². The van der Waals surface area contributed by atoms with E-state index in [1.807, 2.05) is 23.8 Å². The molecule has 2 aromatic heterocycles. The van der Waals surface area contributed by atoms with Crippen molar-refractivity contribution in [3.05, 3.63) is 60.2 Å². The molecule has 1 saturated heterocycles. The fraction of sp³-hybridized carbons (Fsp3) is 0.300. The van der Waals surface area contributed by atoms with E-state index in [-0.39, 0.29) is 11.8 Å². The first-order valence-electron chi connectivity index (χ1n) is 9.41. The number of piperazine rings is 1. The van der Waals surface area contributed by atoms with E-state index < -0.39 is 0 Å². The van der Waals surface area contributed by atoms with Gasteiger partial charge in [-0.1, -0.05) is 6.07 Å². The number of imidazole rings is 1. The van der Waals surface area contributed by atoms with Crippen LogP contribution in [0.2, 0.25) is 0 Å². The van der Waals surface area contributed by atoms with Crippen LogP contribution in [0.15, 0.2) is 43.0 Å². The van der Waals surface area contributed by atoms with Gasteiger partial charge in [0.05, 0.1) is 0 Å². The third-order valence-corrected chi connectivity index (χ3v) is 4.98. The molecule has 1 N–H and O–H groups in total.